The molecule has 0 aliphatic heterocycles. The van der Waals surface area contributed by atoms with E-state index < -0.39 is 31.0 Å². The molecule has 11 nitrogen and oxygen atoms in total. The summed E-state index contributed by atoms with van der Waals surface area (Å²) < 4.78 is 82.2. The Kier molecular flexibility index (Phi) is 13.1. The first-order valence-corrected chi connectivity index (χ1v) is 21.6. The summed E-state index contributed by atoms with van der Waals surface area (Å²) in [6.07, 6.45) is 0. The van der Waals surface area contributed by atoms with Crippen LogP contribution in [-0.4, -0.2) is 53.3 Å². The molecule has 13 heteroatoms. The Morgan fingerprint density at radius 1 is 0.569 bits per heavy atom. The second-order valence-electron chi connectivity index (χ2n) is 13.6. The summed E-state index contributed by atoms with van der Waals surface area (Å²) in [5.74, 6) is -0.631. The lowest BCUT2D eigenvalue weighted by atomic mass is 9.84. The maximum absolute atomic E-state index is 13.3. The Labute approximate surface area is 341 Å². The van der Waals surface area contributed by atoms with E-state index in [4.69, 9.17) is 9.47 Å². The summed E-state index contributed by atoms with van der Waals surface area (Å²) >= 11 is 0. The van der Waals surface area contributed by atoms with Crippen LogP contribution in [0, 0.1) is 0 Å². The molecule has 3 N–H and O–H groups in total. The van der Waals surface area contributed by atoms with Crippen molar-refractivity contribution in [2.24, 2.45) is 0 Å². The molecule has 0 aromatic heterocycles. The van der Waals surface area contributed by atoms with Crippen molar-refractivity contribution in [1.29, 1.82) is 0 Å². The predicted octanol–water partition coefficient (Wildman–Crippen LogP) is 9.17. The maximum Gasteiger partial charge on any atom is 0.298 e. The molecular formula is C45H47N3O8S2. The van der Waals surface area contributed by atoms with Crippen molar-refractivity contribution in [2.75, 3.05) is 42.4 Å². The molecular weight excluding hydrogens is 775 g/mol. The first kappa shape index (κ1) is 41.8. The molecule has 0 radical (unpaired) electrons. The molecule has 58 heavy (non-hydrogen) atoms. The molecule has 302 valence electrons. The zero-order valence-electron chi connectivity index (χ0n) is 32.7. The molecule has 0 aliphatic carbocycles. The lowest BCUT2D eigenvalue weighted by Gasteiger charge is -2.27. The minimum Gasteiger partial charge on any atom is -0.495 e. The van der Waals surface area contributed by atoms with Crippen LogP contribution in [0.3, 0.4) is 0 Å². The van der Waals surface area contributed by atoms with Gasteiger partial charge in [-0.3, -0.25) is 9.11 Å². The summed E-state index contributed by atoms with van der Waals surface area (Å²) in [5.41, 5.74) is 6.55. The van der Waals surface area contributed by atoms with Gasteiger partial charge in [-0.05, 0) is 84.1 Å². The predicted molar refractivity (Wildman–Crippen MR) is 229 cm³/mol. The van der Waals surface area contributed by atoms with E-state index in [0.29, 0.717) is 18.7 Å². The van der Waals surface area contributed by atoms with Gasteiger partial charge < -0.3 is 24.6 Å². The zero-order valence-corrected chi connectivity index (χ0v) is 34.4. The van der Waals surface area contributed by atoms with Crippen molar-refractivity contribution in [1.82, 2.24) is 0 Å². The van der Waals surface area contributed by atoms with Gasteiger partial charge in [0, 0.05) is 55.2 Å². The average Bonchev–Trinajstić information content (AvgIpc) is 3.23. The first-order chi connectivity index (χ1) is 27.8. The third kappa shape index (κ3) is 9.80. The SMILES string of the molecule is CCN(Cc1ccccc1)c1ccc(C(c2ccc(N(CC)Cc3ccccc3)cc2)c2ccc(Nc3cc(S(=O)(=O)O)c(OC)cc3OC)cc2S(=O)(=O)O)cc1. The van der Waals surface area contributed by atoms with Gasteiger partial charge in [-0.25, -0.2) is 0 Å². The fraction of sp³-hybridized carbons (Fsp3) is 0.200. The topological polar surface area (TPSA) is 146 Å². The van der Waals surface area contributed by atoms with E-state index in [0.717, 1.165) is 41.7 Å². The van der Waals surface area contributed by atoms with Crippen molar-refractivity contribution in [3.8, 4) is 11.5 Å². The van der Waals surface area contributed by atoms with Gasteiger partial charge in [0.25, 0.3) is 20.2 Å². The third-order valence-electron chi connectivity index (χ3n) is 10.0. The van der Waals surface area contributed by atoms with Crippen LogP contribution >= 0.6 is 0 Å². The van der Waals surface area contributed by atoms with Crippen molar-refractivity contribution in [2.45, 2.75) is 42.6 Å². The van der Waals surface area contributed by atoms with Crippen LogP contribution in [0.5, 0.6) is 11.5 Å². The Morgan fingerprint density at radius 3 is 1.45 bits per heavy atom. The Bertz CT molecular complexity index is 2440. The van der Waals surface area contributed by atoms with Gasteiger partial charge in [-0.1, -0.05) is 91.0 Å². The van der Waals surface area contributed by atoms with Gasteiger partial charge in [-0.15, -0.1) is 0 Å². The summed E-state index contributed by atoms with van der Waals surface area (Å²) in [6.45, 7) is 7.15. The van der Waals surface area contributed by atoms with Crippen LogP contribution in [0.15, 0.2) is 149 Å². The average molecular weight is 822 g/mol. The lowest BCUT2D eigenvalue weighted by molar-refractivity contribution is 0.384. The van der Waals surface area contributed by atoms with Gasteiger partial charge in [0.15, 0.2) is 0 Å². The first-order valence-electron chi connectivity index (χ1n) is 18.7. The highest BCUT2D eigenvalue weighted by atomic mass is 32.2. The molecule has 6 rings (SSSR count). The van der Waals surface area contributed by atoms with Gasteiger partial charge in [0.05, 0.1) is 19.9 Å². The molecule has 0 amide bonds. The standard InChI is InChI=1S/C45H47N3O8S2/c1-5-47(30-32-13-9-7-10-14-32)37-22-17-34(18-23-37)45(35-19-24-38(25-20-35)48(6-2)31-33-15-11-8-12-16-33)39-26-21-36(27-43(39)57(49,50)51)46-40-28-44(58(52,53)54)42(56-4)29-41(40)55-3/h7-29,45-46H,5-6,30-31H2,1-4H3,(H,49,50,51)(H,52,53,54). The minimum atomic E-state index is -4.83. The highest BCUT2D eigenvalue weighted by molar-refractivity contribution is 7.86. The van der Waals surface area contributed by atoms with Crippen LogP contribution < -0.4 is 24.6 Å². The van der Waals surface area contributed by atoms with Crippen molar-refractivity contribution >= 4 is 43.0 Å². The van der Waals surface area contributed by atoms with E-state index in [2.05, 4.69) is 53.2 Å². The van der Waals surface area contributed by atoms with Gasteiger partial charge in [0.2, 0.25) is 0 Å². The Morgan fingerprint density at radius 2 is 1.03 bits per heavy atom. The van der Waals surface area contributed by atoms with Crippen molar-refractivity contribution < 1.29 is 35.4 Å². The van der Waals surface area contributed by atoms with E-state index in [9.17, 15) is 25.9 Å². The molecule has 0 spiro atoms. The van der Waals surface area contributed by atoms with Gasteiger partial charge in [0.1, 0.15) is 21.3 Å². The molecule has 0 saturated carbocycles. The molecule has 0 bridgehead atoms. The monoisotopic (exact) mass is 821 g/mol. The molecule has 0 heterocycles. The lowest BCUT2D eigenvalue weighted by Crippen LogP contribution is -2.22. The number of rotatable bonds is 17. The van der Waals surface area contributed by atoms with Crippen LogP contribution in [0.25, 0.3) is 0 Å². The fourth-order valence-electron chi connectivity index (χ4n) is 7.08. The summed E-state index contributed by atoms with van der Waals surface area (Å²) in [4.78, 5) is 3.63. The van der Waals surface area contributed by atoms with Crippen molar-refractivity contribution in [3.63, 3.8) is 0 Å². The Hall–Kier alpha value is -5.86. The molecule has 0 unspecified atom stereocenters. The molecule has 6 aromatic carbocycles. The zero-order chi connectivity index (χ0) is 41.5. The number of ether oxygens (including phenoxy) is 2. The van der Waals surface area contributed by atoms with Crippen LogP contribution in [-0.2, 0) is 33.3 Å². The normalized spacial score (nSPS) is 11.6. The minimum absolute atomic E-state index is 0.0969. The molecule has 0 atom stereocenters. The number of hydrogen-bond acceptors (Lipinski definition) is 9. The second kappa shape index (κ2) is 18.2. The molecule has 0 fully saturated rings. The van der Waals surface area contributed by atoms with Crippen LogP contribution in [0.2, 0.25) is 0 Å². The largest absolute Gasteiger partial charge is 0.495 e. The molecule has 6 aromatic rings. The van der Waals surface area contributed by atoms with Crippen molar-refractivity contribution in [3.05, 3.63) is 167 Å². The summed E-state index contributed by atoms with van der Waals surface area (Å²) in [6, 6.07) is 43.3. The van der Waals surface area contributed by atoms with Crippen LogP contribution in [0.1, 0.15) is 47.6 Å². The van der Waals surface area contributed by atoms with E-state index in [1.165, 1.54) is 37.5 Å². The number of benzene rings is 6. The van der Waals surface area contributed by atoms with E-state index in [1.807, 2.05) is 84.9 Å². The summed E-state index contributed by atoms with van der Waals surface area (Å²) in [5, 5.41) is 3.00. The number of methoxy groups -OCH3 is 2. The van der Waals surface area contributed by atoms with E-state index in [1.54, 1.807) is 12.1 Å². The highest BCUT2D eigenvalue weighted by Gasteiger charge is 2.27. The Balaban J connectivity index is 1.43. The number of nitrogens with one attached hydrogen (secondary N) is 1. The quantitative estimate of drug-likeness (QED) is 0.0598. The smallest absolute Gasteiger partial charge is 0.298 e. The number of nitrogens with zero attached hydrogens (tertiary/aromatic N) is 2. The van der Waals surface area contributed by atoms with E-state index in [-0.39, 0.29) is 27.8 Å². The number of anilines is 4. The van der Waals surface area contributed by atoms with Gasteiger partial charge in [-0.2, -0.15) is 16.8 Å². The maximum atomic E-state index is 13.3. The summed E-state index contributed by atoms with van der Waals surface area (Å²) in [7, 11) is -6.93. The molecule has 0 aliphatic rings. The van der Waals surface area contributed by atoms with Gasteiger partial charge >= 0.3 is 0 Å². The van der Waals surface area contributed by atoms with Crippen LogP contribution in [0.4, 0.5) is 22.7 Å². The third-order valence-corrected chi connectivity index (χ3v) is 11.8. The second-order valence-corrected chi connectivity index (χ2v) is 16.4. The number of hydrogen-bond donors (Lipinski definition) is 3. The highest BCUT2D eigenvalue weighted by Crippen LogP contribution is 2.41. The van der Waals surface area contributed by atoms with E-state index >= 15 is 0 Å². The fourth-order valence-corrected chi connectivity index (χ4v) is 8.51. The molecule has 0 saturated heterocycles.